The van der Waals surface area contributed by atoms with Gasteiger partial charge in [-0.1, -0.05) is 6.58 Å². The lowest BCUT2D eigenvalue weighted by molar-refractivity contribution is -0.165. The second-order valence-corrected chi connectivity index (χ2v) is 9.26. The Labute approximate surface area is 144 Å². The maximum atomic E-state index is 12.6. The first-order chi connectivity index (χ1) is 11.3. The molecule has 0 spiro atoms. The molecule has 4 rings (SSSR count). The van der Waals surface area contributed by atoms with Crippen molar-refractivity contribution >= 4 is 11.9 Å². The van der Waals surface area contributed by atoms with Crippen molar-refractivity contribution in [1.29, 1.82) is 0 Å². The Kier molecular flexibility index (Phi) is 3.59. The highest BCUT2D eigenvalue weighted by Gasteiger charge is 2.66. The van der Waals surface area contributed by atoms with E-state index in [4.69, 9.17) is 9.47 Å². The Morgan fingerprint density at radius 1 is 1.00 bits per heavy atom. The molecule has 4 aliphatic carbocycles. The van der Waals surface area contributed by atoms with Crippen molar-refractivity contribution in [3.8, 4) is 0 Å². The van der Waals surface area contributed by atoms with E-state index >= 15 is 0 Å². The first-order valence-electron chi connectivity index (χ1n) is 9.34. The molecule has 4 nitrogen and oxygen atoms in total. The lowest BCUT2D eigenvalue weighted by Gasteiger charge is -2.40. The van der Waals surface area contributed by atoms with E-state index in [1.54, 1.807) is 0 Å². The van der Waals surface area contributed by atoms with Gasteiger partial charge in [-0.3, -0.25) is 4.79 Å². The first kappa shape index (κ1) is 16.2. The minimum Gasteiger partial charge on any atom is -0.460 e. The number of hydrogen-bond donors (Lipinski definition) is 0. The molecule has 4 aliphatic rings. The van der Waals surface area contributed by atoms with Crippen LogP contribution in [0.5, 0.6) is 0 Å². The first-order valence-corrected chi connectivity index (χ1v) is 9.34. The SMILES string of the molecule is C=CC(=O)OC1C[C@@H]2CC1C1C2[C@H]2CC(C(=O)OC(C)(C)C)[C@@H]1C2. The van der Waals surface area contributed by atoms with Crippen molar-refractivity contribution in [2.24, 2.45) is 41.4 Å². The molecule has 132 valence electrons. The van der Waals surface area contributed by atoms with Crippen LogP contribution in [0.2, 0.25) is 0 Å². The molecule has 0 amide bonds. The molecule has 0 radical (unpaired) electrons. The van der Waals surface area contributed by atoms with Crippen LogP contribution >= 0.6 is 0 Å². The lowest BCUT2D eigenvalue weighted by Crippen LogP contribution is -2.42. The van der Waals surface area contributed by atoms with Crippen molar-refractivity contribution < 1.29 is 19.1 Å². The minimum absolute atomic E-state index is 0.0177. The molecule has 4 bridgehead atoms. The zero-order valence-corrected chi connectivity index (χ0v) is 14.9. The van der Waals surface area contributed by atoms with Gasteiger partial charge in [0.05, 0.1) is 5.92 Å². The average Bonchev–Trinajstić information content (AvgIpc) is 3.22. The molecule has 0 N–H and O–H groups in total. The van der Waals surface area contributed by atoms with Crippen LogP contribution in [-0.4, -0.2) is 23.6 Å². The highest BCUT2D eigenvalue weighted by Crippen LogP contribution is 2.69. The van der Waals surface area contributed by atoms with Crippen molar-refractivity contribution in [2.75, 3.05) is 0 Å². The van der Waals surface area contributed by atoms with E-state index in [0.717, 1.165) is 25.2 Å². The van der Waals surface area contributed by atoms with Crippen LogP contribution in [0.4, 0.5) is 0 Å². The summed E-state index contributed by atoms with van der Waals surface area (Å²) in [5, 5.41) is 0. The second kappa shape index (κ2) is 5.34. The van der Waals surface area contributed by atoms with Gasteiger partial charge in [0.15, 0.2) is 0 Å². The van der Waals surface area contributed by atoms with Gasteiger partial charge in [-0.2, -0.15) is 0 Å². The van der Waals surface area contributed by atoms with Gasteiger partial charge in [-0.05, 0) is 82.0 Å². The number of fused-ring (bicyclic) bond motifs is 9. The Morgan fingerprint density at radius 2 is 1.67 bits per heavy atom. The van der Waals surface area contributed by atoms with Gasteiger partial charge in [-0.25, -0.2) is 4.79 Å². The summed E-state index contributed by atoms with van der Waals surface area (Å²) in [7, 11) is 0. The van der Waals surface area contributed by atoms with Crippen LogP contribution in [0, 0.1) is 41.4 Å². The van der Waals surface area contributed by atoms with Crippen molar-refractivity contribution in [3.63, 3.8) is 0 Å². The van der Waals surface area contributed by atoms with Gasteiger partial charge in [-0.15, -0.1) is 0 Å². The van der Waals surface area contributed by atoms with E-state index in [9.17, 15) is 9.59 Å². The summed E-state index contributed by atoms with van der Waals surface area (Å²) in [6.45, 7) is 9.30. The predicted molar refractivity (Wildman–Crippen MR) is 88.8 cm³/mol. The fraction of sp³-hybridized carbons (Fsp3) is 0.800. The number of ether oxygens (including phenoxy) is 2. The normalized spacial score (nSPS) is 45.1. The monoisotopic (exact) mass is 332 g/mol. The van der Waals surface area contributed by atoms with Gasteiger partial charge in [0.2, 0.25) is 0 Å². The number of carbonyl (C=O) groups excluding carboxylic acids is 2. The van der Waals surface area contributed by atoms with E-state index in [1.807, 2.05) is 20.8 Å². The molecule has 0 aromatic heterocycles. The minimum atomic E-state index is -0.422. The molecule has 24 heavy (non-hydrogen) atoms. The van der Waals surface area contributed by atoms with E-state index in [0.29, 0.717) is 29.6 Å². The zero-order valence-electron chi connectivity index (χ0n) is 14.9. The predicted octanol–water partition coefficient (Wildman–Crippen LogP) is 3.35. The van der Waals surface area contributed by atoms with Gasteiger partial charge < -0.3 is 9.47 Å². The highest BCUT2D eigenvalue weighted by molar-refractivity contribution is 5.81. The molecule has 0 saturated heterocycles. The van der Waals surface area contributed by atoms with Gasteiger partial charge in [0, 0.05) is 6.08 Å². The number of hydrogen-bond acceptors (Lipinski definition) is 4. The Balaban J connectivity index is 1.49. The Hall–Kier alpha value is -1.32. The second-order valence-electron chi connectivity index (χ2n) is 9.26. The van der Waals surface area contributed by atoms with Gasteiger partial charge in [0.25, 0.3) is 0 Å². The van der Waals surface area contributed by atoms with Crippen LogP contribution < -0.4 is 0 Å². The Bertz CT molecular complexity index is 575. The number of carbonyl (C=O) groups is 2. The summed E-state index contributed by atoms with van der Waals surface area (Å²) in [6, 6.07) is 0. The fourth-order valence-corrected chi connectivity index (χ4v) is 6.52. The third-order valence-corrected chi connectivity index (χ3v) is 6.90. The molecular formula is C20H28O4. The maximum absolute atomic E-state index is 12.6. The Morgan fingerprint density at radius 3 is 2.33 bits per heavy atom. The molecule has 0 aromatic rings. The zero-order chi connectivity index (χ0) is 17.2. The molecular weight excluding hydrogens is 304 g/mol. The fourth-order valence-electron chi connectivity index (χ4n) is 6.52. The van der Waals surface area contributed by atoms with Crippen molar-refractivity contribution in [3.05, 3.63) is 12.7 Å². The van der Waals surface area contributed by atoms with Crippen LogP contribution in [0.25, 0.3) is 0 Å². The van der Waals surface area contributed by atoms with Crippen molar-refractivity contribution in [1.82, 2.24) is 0 Å². The van der Waals surface area contributed by atoms with Crippen LogP contribution in [0.3, 0.4) is 0 Å². The van der Waals surface area contributed by atoms with Gasteiger partial charge >= 0.3 is 11.9 Å². The summed E-state index contributed by atoms with van der Waals surface area (Å²) in [5.41, 5.74) is -0.422. The molecule has 5 unspecified atom stereocenters. The summed E-state index contributed by atoms with van der Waals surface area (Å²) >= 11 is 0. The molecule has 0 aromatic carbocycles. The quantitative estimate of drug-likeness (QED) is 0.452. The standard InChI is InChI=1S/C20H28O4/c1-5-16(21)23-15-9-11-8-14(15)18-12-6-10(17(11)18)7-13(12)19(22)24-20(2,3)4/h5,10-15,17-18H,1,6-9H2,2-4H3/t10-,11+,12+,13?,14?,15?,17?,18?/m1/s1. The van der Waals surface area contributed by atoms with Crippen LogP contribution in [-0.2, 0) is 19.1 Å². The molecule has 0 aliphatic heterocycles. The summed E-state index contributed by atoms with van der Waals surface area (Å²) in [6.07, 6.45) is 5.62. The van der Waals surface area contributed by atoms with Crippen LogP contribution in [0.15, 0.2) is 12.7 Å². The smallest absolute Gasteiger partial charge is 0.330 e. The molecule has 4 saturated carbocycles. The number of rotatable bonds is 3. The van der Waals surface area contributed by atoms with E-state index < -0.39 is 5.60 Å². The third kappa shape index (κ3) is 2.41. The average molecular weight is 332 g/mol. The highest BCUT2D eigenvalue weighted by atomic mass is 16.6. The molecule has 0 heterocycles. The van der Waals surface area contributed by atoms with Gasteiger partial charge in [0.1, 0.15) is 11.7 Å². The van der Waals surface area contributed by atoms with Crippen LogP contribution in [0.1, 0.15) is 46.5 Å². The topological polar surface area (TPSA) is 52.6 Å². The lowest BCUT2D eigenvalue weighted by atomic mass is 9.66. The maximum Gasteiger partial charge on any atom is 0.330 e. The molecule has 4 fully saturated rings. The van der Waals surface area contributed by atoms with Crippen molar-refractivity contribution in [2.45, 2.75) is 58.2 Å². The largest absolute Gasteiger partial charge is 0.460 e. The summed E-state index contributed by atoms with van der Waals surface area (Å²) in [5.74, 6) is 3.22. The molecule has 8 atom stereocenters. The van der Waals surface area contributed by atoms with E-state index in [-0.39, 0.29) is 24.0 Å². The number of esters is 2. The summed E-state index contributed by atoms with van der Waals surface area (Å²) < 4.78 is 11.3. The third-order valence-electron chi connectivity index (χ3n) is 6.90. The summed E-state index contributed by atoms with van der Waals surface area (Å²) in [4.78, 5) is 24.2. The van der Waals surface area contributed by atoms with E-state index in [1.165, 1.54) is 12.5 Å². The van der Waals surface area contributed by atoms with E-state index in [2.05, 4.69) is 6.58 Å². The molecule has 4 heteroatoms.